The number of amidine groups is 1. The van der Waals surface area contributed by atoms with E-state index in [4.69, 9.17) is 16.3 Å². The highest BCUT2D eigenvalue weighted by atomic mass is 35.5. The van der Waals surface area contributed by atoms with Crippen LogP contribution in [0.25, 0.3) is 0 Å². The predicted molar refractivity (Wildman–Crippen MR) is 122 cm³/mol. The summed E-state index contributed by atoms with van der Waals surface area (Å²) in [5.41, 5.74) is 1.43. The number of hydrogen-bond donors (Lipinski definition) is 1. The zero-order valence-electron chi connectivity index (χ0n) is 17.9. The minimum absolute atomic E-state index is 0.179. The van der Waals surface area contributed by atoms with Crippen LogP contribution in [0.1, 0.15) is 37.4 Å². The van der Waals surface area contributed by atoms with Crippen LogP contribution in [0, 0.1) is 17.1 Å². The fraction of sp³-hybridized carbons (Fsp3) is 0.364. The second-order valence-electron chi connectivity index (χ2n) is 7.00. The molecule has 0 saturated carbocycles. The molecule has 32 heavy (non-hydrogen) atoms. The number of aliphatic imine (C=N–C) groups is 1. The van der Waals surface area contributed by atoms with Gasteiger partial charge in [-0.15, -0.1) is 11.3 Å². The Morgan fingerprint density at radius 2 is 2.25 bits per heavy atom. The van der Waals surface area contributed by atoms with E-state index in [9.17, 15) is 14.4 Å². The zero-order valence-corrected chi connectivity index (χ0v) is 19.5. The van der Waals surface area contributed by atoms with Crippen LogP contribution in [-0.2, 0) is 9.53 Å². The van der Waals surface area contributed by atoms with Crippen molar-refractivity contribution in [1.29, 1.82) is 5.26 Å². The number of ether oxygens (including phenoxy) is 1. The molecular formula is C22H23ClFN5O2S. The number of rotatable bonds is 8. The SMILES string of the molecule is CCOC(=O)[C@H](C)N(CC)CC1=C(C#N)C(c2ccc(F)cc2Cl)N=C(c2nccs2)N1. The van der Waals surface area contributed by atoms with Crippen molar-refractivity contribution >= 4 is 34.7 Å². The van der Waals surface area contributed by atoms with Gasteiger partial charge in [-0.05, 0) is 32.5 Å². The summed E-state index contributed by atoms with van der Waals surface area (Å²) in [6.07, 6.45) is 1.66. The molecule has 10 heteroatoms. The molecule has 1 aliphatic heterocycles. The zero-order chi connectivity index (χ0) is 23.3. The lowest BCUT2D eigenvalue weighted by atomic mass is 9.96. The summed E-state index contributed by atoms with van der Waals surface area (Å²) in [5.74, 6) is -0.324. The van der Waals surface area contributed by atoms with Crippen molar-refractivity contribution in [2.45, 2.75) is 32.9 Å². The molecule has 0 radical (unpaired) electrons. The van der Waals surface area contributed by atoms with E-state index >= 15 is 0 Å². The van der Waals surface area contributed by atoms with Gasteiger partial charge in [0.1, 0.15) is 17.9 Å². The molecule has 0 amide bonds. The standard InChI is InChI=1S/C22H23ClFN5O2S/c1-4-29(13(3)22(30)31-5-2)12-18-16(11-25)19(15-7-6-14(24)10-17(15)23)28-20(27-18)21-26-8-9-32-21/h6-10,13,19H,4-5,12H2,1-3H3,(H,27,28)/t13-,19?/m0/s1. The lowest BCUT2D eigenvalue weighted by Crippen LogP contribution is -2.44. The van der Waals surface area contributed by atoms with Crippen LogP contribution in [0.2, 0.25) is 5.02 Å². The number of likely N-dealkylation sites (N-methyl/N-ethyl adjacent to an activating group) is 1. The van der Waals surface area contributed by atoms with Crippen LogP contribution in [0.15, 0.2) is 46.0 Å². The maximum Gasteiger partial charge on any atom is 0.323 e. The van der Waals surface area contributed by atoms with Gasteiger partial charge in [-0.25, -0.2) is 9.37 Å². The van der Waals surface area contributed by atoms with Gasteiger partial charge >= 0.3 is 5.97 Å². The predicted octanol–water partition coefficient (Wildman–Crippen LogP) is 4.08. The van der Waals surface area contributed by atoms with Gasteiger partial charge in [0, 0.05) is 34.4 Å². The highest BCUT2D eigenvalue weighted by Crippen LogP contribution is 2.35. The van der Waals surface area contributed by atoms with Crippen molar-refractivity contribution in [3.8, 4) is 6.07 Å². The molecular weight excluding hydrogens is 453 g/mol. The highest BCUT2D eigenvalue weighted by Gasteiger charge is 2.31. The Hall–Kier alpha value is -2.80. The molecule has 0 spiro atoms. The molecule has 2 atom stereocenters. The summed E-state index contributed by atoms with van der Waals surface area (Å²) in [4.78, 5) is 23.2. The number of aromatic nitrogens is 1. The summed E-state index contributed by atoms with van der Waals surface area (Å²) in [5, 5.41) is 15.9. The highest BCUT2D eigenvalue weighted by molar-refractivity contribution is 7.11. The number of esters is 1. The third kappa shape index (κ3) is 5.15. The molecule has 0 bridgehead atoms. The number of nitriles is 1. The normalized spacial score (nSPS) is 16.9. The van der Waals surface area contributed by atoms with Crippen molar-refractivity contribution in [2.24, 2.45) is 4.99 Å². The van der Waals surface area contributed by atoms with E-state index in [0.717, 1.165) is 0 Å². The van der Waals surface area contributed by atoms with Crippen molar-refractivity contribution in [2.75, 3.05) is 19.7 Å². The molecule has 1 aromatic heterocycles. The van der Waals surface area contributed by atoms with Gasteiger partial charge in [0.05, 0.1) is 18.2 Å². The first-order valence-electron chi connectivity index (χ1n) is 10.1. The second kappa shape index (κ2) is 10.7. The van der Waals surface area contributed by atoms with Crippen LogP contribution < -0.4 is 5.32 Å². The number of halogens is 2. The quantitative estimate of drug-likeness (QED) is 0.578. The number of thiazole rings is 1. The topological polar surface area (TPSA) is 90.6 Å². The maximum absolute atomic E-state index is 13.6. The van der Waals surface area contributed by atoms with Crippen molar-refractivity contribution < 1.29 is 13.9 Å². The summed E-state index contributed by atoms with van der Waals surface area (Å²) < 4.78 is 18.8. The number of hydrogen-bond acceptors (Lipinski definition) is 8. The number of nitrogens with zero attached hydrogens (tertiary/aromatic N) is 4. The molecule has 1 N–H and O–H groups in total. The minimum atomic E-state index is -0.736. The summed E-state index contributed by atoms with van der Waals surface area (Å²) in [6.45, 7) is 6.57. The summed E-state index contributed by atoms with van der Waals surface area (Å²) in [6, 6.07) is 5.01. The fourth-order valence-corrected chi connectivity index (χ4v) is 4.25. The van der Waals surface area contributed by atoms with Gasteiger partial charge in [-0.2, -0.15) is 5.26 Å². The van der Waals surface area contributed by atoms with E-state index in [1.165, 1.54) is 29.5 Å². The van der Waals surface area contributed by atoms with Gasteiger partial charge < -0.3 is 10.1 Å². The number of nitrogens with one attached hydrogen (secondary N) is 1. The Labute approximate surface area is 195 Å². The molecule has 168 valence electrons. The molecule has 1 aliphatic rings. The minimum Gasteiger partial charge on any atom is -0.465 e. The molecule has 3 rings (SSSR count). The molecule has 0 fully saturated rings. The molecule has 0 aliphatic carbocycles. The summed E-state index contributed by atoms with van der Waals surface area (Å²) in [7, 11) is 0. The number of benzene rings is 1. The van der Waals surface area contributed by atoms with E-state index < -0.39 is 17.9 Å². The van der Waals surface area contributed by atoms with Gasteiger partial charge in [-0.1, -0.05) is 24.6 Å². The van der Waals surface area contributed by atoms with Crippen LogP contribution in [0.5, 0.6) is 0 Å². The second-order valence-corrected chi connectivity index (χ2v) is 8.31. The smallest absolute Gasteiger partial charge is 0.323 e. The Balaban J connectivity index is 2.04. The maximum atomic E-state index is 13.6. The van der Waals surface area contributed by atoms with Gasteiger partial charge in [0.2, 0.25) is 0 Å². The largest absolute Gasteiger partial charge is 0.465 e. The third-order valence-electron chi connectivity index (χ3n) is 5.08. The average Bonchev–Trinajstić information content (AvgIpc) is 3.31. The first-order valence-corrected chi connectivity index (χ1v) is 11.4. The van der Waals surface area contributed by atoms with E-state index in [0.29, 0.717) is 34.2 Å². The van der Waals surface area contributed by atoms with Crippen molar-refractivity contribution in [3.63, 3.8) is 0 Å². The molecule has 7 nitrogen and oxygen atoms in total. The van der Waals surface area contributed by atoms with Gasteiger partial charge in [-0.3, -0.25) is 14.7 Å². The van der Waals surface area contributed by atoms with E-state index in [-0.39, 0.29) is 24.1 Å². The Kier molecular flexibility index (Phi) is 7.96. The summed E-state index contributed by atoms with van der Waals surface area (Å²) >= 11 is 7.71. The Morgan fingerprint density at radius 1 is 1.47 bits per heavy atom. The third-order valence-corrected chi connectivity index (χ3v) is 6.19. The van der Waals surface area contributed by atoms with Gasteiger partial charge in [0.25, 0.3) is 0 Å². The average molecular weight is 476 g/mol. The molecule has 2 heterocycles. The number of carbonyl (C=O) groups is 1. The first kappa shape index (κ1) is 23.9. The van der Waals surface area contributed by atoms with Crippen molar-refractivity contribution in [1.82, 2.24) is 15.2 Å². The van der Waals surface area contributed by atoms with E-state index in [2.05, 4.69) is 21.4 Å². The van der Waals surface area contributed by atoms with E-state index in [1.54, 1.807) is 20.0 Å². The first-order chi connectivity index (χ1) is 15.4. The van der Waals surface area contributed by atoms with Crippen LogP contribution in [0.3, 0.4) is 0 Å². The molecule has 0 saturated heterocycles. The monoisotopic (exact) mass is 475 g/mol. The molecule has 2 aromatic rings. The lowest BCUT2D eigenvalue weighted by molar-refractivity contribution is -0.148. The van der Waals surface area contributed by atoms with Crippen LogP contribution in [0.4, 0.5) is 4.39 Å². The molecule has 1 unspecified atom stereocenters. The number of carbonyl (C=O) groups excluding carboxylic acids is 1. The van der Waals surface area contributed by atoms with Gasteiger partial charge in [0.15, 0.2) is 10.8 Å². The van der Waals surface area contributed by atoms with Crippen LogP contribution in [-0.4, -0.2) is 47.4 Å². The Bertz CT molecular complexity index is 1080. The van der Waals surface area contributed by atoms with Crippen molar-refractivity contribution in [3.05, 3.63) is 62.5 Å². The van der Waals surface area contributed by atoms with E-state index in [1.807, 2.05) is 17.2 Å². The lowest BCUT2D eigenvalue weighted by Gasteiger charge is -2.31. The Morgan fingerprint density at radius 3 is 2.84 bits per heavy atom. The molecule has 1 aromatic carbocycles. The van der Waals surface area contributed by atoms with Crippen LogP contribution >= 0.6 is 22.9 Å². The fourth-order valence-electron chi connectivity index (χ4n) is 3.39.